The maximum atomic E-state index is 13.4. The summed E-state index contributed by atoms with van der Waals surface area (Å²) in [5.74, 6) is -0.894. The van der Waals surface area contributed by atoms with Crippen LogP contribution in [0.15, 0.2) is 18.2 Å². The van der Waals surface area contributed by atoms with Crippen LogP contribution in [0.3, 0.4) is 0 Å². The number of halogens is 1. The average molecular weight is 247 g/mol. The van der Waals surface area contributed by atoms with Crippen LogP contribution in [0.5, 0.6) is 0 Å². The zero-order valence-corrected chi connectivity index (χ0v) is 9.87. The van der Waals surface area contributed by atoms with Gasteiger partial charge in [-0.25, -0.2) is 4.39 Å². The number of nitrogens with one attached hydrogen (secondary N) is 2. The minimum Gasteiger partial charge on any atom is -0.325 e. The highest BCUT2D eigenvalue weighted by Crippen LogP contribution is 2.20. The molecule has 1 fully saturated rings. The Balaban J connectivity index is 2.12. The predicted molar refractivity (Wildman–Crippen MR) is 65.3 cm³/mol. The third kappa shape index (κ3) is 2.66. The molecule has 1 heterocycles. The van der Waals surface area contributed by atoms with Crippen LogP contribution in [0.4, 0.5) is 10.1 Å². The first-order chi connectivity index (χ1) is 8.72. The van der Waals surface area contributed by atoms with Crippen LogP contribution >= 0.6 is 0 Å². The monoisotopic (exact) mass is 247 g/mol. The molecular weight excluding hydrogens is 233 g/mol. The van der Waals surface area contributed by atoms with E-state index >= 15 is 0 Å². The Morgan fingerprint density at radius 3 is 3.06 bits per heavy atom. The van der Waals surface area contributed by atoms with Crippen molar-refractivity contribution in [2.24, 2.45) is 5.92 Å². The topological polar surface area (TPSA) is 64.9 Å². The first-order valence-electron chi connectivity index (χ1n) is 5.92. The van der Waals surface area contributed by atoms with Crippen LogP contribution in [-0.4, -0.2) is 19.0 Å². The van der Waals surface area contributed by atoms with Gasteiger partial charge in [0.25, 0.3) is 0 Å². The summed E-state index contributed by atoms with van der Waals surface area (Å²) >= 11 is 0. The number of benzene rings is 1. The van der Waals surface area contributed by atoms with E-state index in [1.165, 1.54) is 18.2 Å². The van der Waals surface area contributed by atoms with E-state index in [2.05, 4.69) is 10.6 Å². The van der Waals surface area contributed by atoms with Gasteiger partial charge in [0.05, 0.1) is 11.6 Å². The molecule has 0 saturated carbocycles. The number of amides is 1. The summed E-state index contributed by atoms with van der Waals surface area (Å²) in [5, 5.41) is 14.6. The third-order valence-corrected chi connectivity index (χ3v) is 3.05. The number of rotatable bonds is 2. The SMILES string of the molecule is N#Cc1c(F)cccc1NC(=O)[C@@H]1CCCNC1. The van der Waals surface area contributed by atoms with Gasteiger partial charge in [-0.15, -0.1) is 0 Å². The number of hydrogen-bond acceptors (Lipinski definition) is 3. The van der Waals surface area contributed by atoms with Crippen molar-refractivity contribution < 1.29 is 9.18 Å². The maximum Gasteiger partial charge on any atom is 0.228 e. The van der Waals surface area contributed by atoms with Gasteiger partial charge in [-0.2, -0.15) is 5.26 Å². The van der Waals surface area contributed by atoms with E-state index in [-0.39, 0.29) is 23.1 Å². The van der Waals surface area contributed by atoms with Gasteiger partial charge >= 0.3 is 0 Å². The fourth-order valence-corrected chi connectivity index (χ4v) is 2.05. The number of nitrogens with zero attached hydrogens (tertiary/aromatic N) is 1. The lowest BCUT2D eigenvalue weighted by Gasteiger charge is -2.22. The van der Waals surface area contributed by atoms with Crippen molar-refractivity contribution in [1.29, 1.82) is 5.26 Å². The molecule has 2 N–H and O–H groups in total. The Labute approximate surface area is 105 Å². The van der Waals surface area contributed by atoms with Crippen molar-refractivity contribution in [2.75, 3.05) is 18.4 Å². The van der Waals surface area contributed by atoms with E-state index in [9.17, 15) is 9.18 Å². The molecule has 1 aromatic rings. The van der Waals surface area contributed by atoms with Crippen molar-refractivity contribution in [3.05, 3.63) is 29.6 Å². The van der Waals surface area contributed by atoms with E-state index in [1.807, 2.05) is 0 Å². The molecule has 0 spiro atoms. The molecule has 4 nitrogen and oxygen atoms in total. The van der Waals surface area contributed by atoms with Gasteiger partial charge in [0, 0.05) is 6.54 Å². The molecule has 1 aliphatic heterocycles. The van der Waals surface area contributed by atoms with E-state index < -0.39 is 5.82 Å². The van der Waals surface area contributed by atoms with Crippen molar-refractivity contribution in [2.45, 2.75) is 12.8 Å². The number of carbonyl (C=O) groups excluding carboxylic acids is 1. The van der Waals surface area contributed by atoms with Crippen LogP contribution in [-0.2, 0) is 4.79 Å². The summed E-state index contributed by atoms with van der Waals surface area (Å²) in [5.41, 5.74) is 0.127. The van der Waals surface area contributed by atoms with Crippen molar-refractivity contribution in [1.82, 2.24) is 5.32 Å². The van der Waals surface area contributed by atoms with Crippen LogP contribution in [0.25, 0.3) is 0 Å². The minimum absolute atomic E-state index is 0.116. The minimum atomic E-state index is -0.614. The van der Waals surface area contributed by atoms with E-state index in [4.69, 9.17) is 5.26 Å². The molecule has 0 unspecified atom stereocenters. The highest BCUT2D eigenvalue weighted by molar-refractivity contribution is 5.94. The average Bonchev–Trinajstić information content (AvgIpc) is 2.40. The number of nitriles is 1. The molecule has 2 rings (SSSR count). The summed E-state index contributed by atoms with van der Waals surface area (Å²) in [4.78, 5) is 12.0. The summed E-state index contributed by atoms with van der Waals surface area (Å²) in [6.07, 6.45) is 1.77. The highest BCUT2D eigenvalue weighted by atomic mass is 19.1. The molecule has 0 aromatic heterocycles. The van der Waals surface area contributed by atoms with E-state index in [0.717, 1.165) is 19.4 Å². The molecule has 1 atom stereocenters. The van der Waals surface area contributed by atoms with Gasteiger partial charge < -0.3 is 10.6 Å². The van der Waals surface area contributed by atoms with Gasteiger partial charge in [-0.05, 0) is 31.5 Å². The van der Waals surface area contributed by atoms with Gasteiger partial charge in [0.2, 0.25) is 5.91 Å². The second kappa shape index (κ2) is 5.61. The first kappa shape index (κ1) is 12.5. The van der Waals surface area contributed by atoms with Crippen molar-refractivity contribution in [3.63, 3.8) is 0 Å². The van der Waals surface area contributed by atoms with E-state index in [1.54, 1.807) is 6.07 Å². The Kier molecular flexibility index (Phi) is 3.90. The smallest absolute Gasteiger partial charge is 0.228 e. The largest absolute Gasteiger partial charge is 0.325 e. The maximum absolute atomic E-state index is 13.4. The number of hydrogen-bond donors (Lipinski definition) is 2. The number of carbonyl (C=O) groups is 1. The molecule has 0 aliphatic carbocycles. The van der Waals surface area contributed by atoms with E-state index in [0.29, 0.717) is 6.54 Å². The number of anilines is 1. The summed E-state index contributed by atoms with van der Waals surface area (Å²) in [6, 6.07) is 5.99. The van der Waals surface area contributed by atoms with Gasteiger partial charge in [0.15, 0.2) is 0 Å². The van der Waals surface area contributed by atoms with Gasteiger partial charge in [0.1, 0.15) is 17.4 Å². The molecule has 5 heteroatoms. The molecule has 1 aromatic carbocycles. The van der Waals surface area contributed by atoms with Crippen LogP contribution in [0, 0.1) is 23.1 Å². The second-order valence-corrected chi connectivity index (χ2v) is 4.31. The lowest BCUT2D eigenvalue weighted by atomic mass is 9.98. The zero-order chi connectivity index (χ0) is 13.0. The van der Waals surface area contributed by atoms with Crippen molar-refractivity contribution >= 4 is 11.6 Å². The zero-order valence-electron chi connectivity index (χ0n) is 9.87. The molecule has 0 bridgehead atoms. The van der Waals surface area contributed by atoms with Crippen LogP contribution in [0.2, 0.25) is 0 Å². The Morgan fingerprint density at radius 1 is 1.56 bits per heavy atom. The Hall–Kier alpha value is -1.93. The van der Waals surface area contributed by atoms with Crippen LogP contribution in [0.1, 0.15) is 18.4 Å². The van der Waals surface area contributed by atoms with Crippen LogP contribution < -0.4 is 10.6 Å². The second-order valence-electron chi connectivity index (χ2n) is 4.31. The third-order valence-electron chi connectivity index (χ3n) is 3.05. The summed E-state index contributed by atoms with van der Waals surface area (Å²) in [6.45, 7) is 1.55. The normalized spacial score (nSPS) is 19.0. The molecule has 1 aliphatic rings. The fraction of sp³-hybridized carbons (Fsp3) is 0.385. The number of piperidine rings is 1. The quantitative estimate of drug-likeness (QED) is 0.835. The first-order valence-corrected chi connectivity index (χ1v) is 5.92. The standard InChI is InChI=1S/C13H14FN3O/c14-11-4-1-5-12(10(11)7-15)17-13(18)9-3-2-6-16-8-9/h1,4-5,9,16H,2-3,6,8H2,(H,17,18)/t9-/m1/s1. The predicted octanol–water partition coefficient (Wildman–Crippen LogP) is 1.64. The molecule has 0 radical (unpaired) electrons. The molecule has 94 valence electrons. The molecule has 1 saturated heterocycles. The van der Waals surface area contributed by atoms with Gasteiger partial charge in [-0.1, -0.05) is 6.07 Å². The molecule has 1 amide bonds. The lowest BCUT2D eigenvalue weighted by Crippen LogP contribution is -2.37. The van der Waals surface area contributed by atoms with Gasteiger partial charge in [-0.3, -0.25) is 4.79 Å². The molecular formula is C13H14FN3O. The Bertz CT molecular complexity index is 489. The molecule has 18 heavy (non-hydrogen) atoms. The summed E-state index contributed by atoms with van der Waals surface area (Å²) in [7, 11) is 0. The lowest BCUT2D eigenvalue weighted by molar-refractivity contribution is -0.120. The summed E-state index contributed by atoms with van der Waals surface area (Å²) < 4.78 is 13.4. The van der Waals surface area contributed by atoms with Crippen molar-refractivity contribution in [3.8, 4) is 6.07 Å². The fourth-order valence-electron chi connectivity index (χ4n) is 2.05. The highest BCUT2D eigenvalue weighted by Gasteiger charge is 2.22. The Morgan fingerprint density at radius 2 is 2.39 bits per heavy atom.